The average molecular weight is 362 g/mol. The number of amides is 1. The molecule has 0 aliphatic heterocycles. The predicted octanol–water partition coefficient (Wildman–Crippen LogP) is 5.11. The number of aromatic nitrogens is 1. The third-order valence-corrected chi connectivity index (χ3v) is 4.65. The molecule has 1 amide bonds. The SMILES string of the molecule is CN(C(=O)c1sc(-c2ccccc2)nc1C(F)(F)F)c1ccccc1. The molecule has 3 rings (SSSR count). The highest BCUT2D eigenvalue weighted by Crippen LogP contribution is 2.38. The lowest BCUT2D eigenvalue weighted by molar-refractivity contribution is -0.141. The molecule has 3 nitrogen and oxygen atoms in total. The largest absolute Gasteiger partial charge is 0.435 e. The highest BCUT2D eigenvalue weighted by Gasteiger charge is 2.40. The summed E-state index contributed by atoms with van der Waals surface area (Å²) in [5, 5.41) is 0.165. The minimum Gasteiger partial charge on any atom is -0.311 e. The molecule has 0 radical (unpaired) electrons. The molecule has 128 valence electrons. The van der Waals surface area contributed by atoms with Gasteiger partial charge in [0, 0.05) is 18.3 Å². The molecule has 3 aromatic rings. The van der Waals surface area contributed by atoms with Gasteiger partial charge in [-0.3, -0.25) is 4.79 Å². The van der Waals surface area contributed by atoms with Crippen LogP contribution < -0.4 is 4.90 Å². The Bertz CT molecular complexity index is 876. The molecule has 7 heteroatoms. The third kappa shape index (κ3) is 3.56. The van der Waals surface area contributed by atoms with Crippen molar-refractivity contribution < 1.29 is 18.0 Å². The van der Waals surface area contributed by atoms with Crippen LogP contribution in [0.5, 0.6) is 0 Å². The van der Waals surface area contributed by atoms with Crippen LogP contribution in [-0.4, -0.2) is 17.9 Å². The summed E-state index contributed by atoms with van der Waals surface area (Å²) >= 11 is 0.748. The number of hydrogen-bond acceptors (Lipinski definition) is 3. The number of anilines is 1. The van der Waals surface area contributed by atoms with Crippen LogP contribution in [0.4, 0.5) is 18.9 Å². The van der Waals surface area contributed by atoms with E-state index in [4.69, 9.17) is 0 Å². The second-order valence-corrected chi connectivity index (χ2v) is 6.26. The molecule has 0 fully saturated rings. The van der Waals surface area contributed by atoms with Crippen molar-refractivity contribution in [2.45, 2.75) is 6.18 Å². The summed E-state index contributed by atoms with van der Waals surface area (Å²) in [6.07, 6.45) is -4.70. The first kappa shape index (κ1) is 17.2. The Morgan fingerprint density at radius 2 is 1.56 bits per heavy atom. The van der Waals surface area contributed by atoms with Crippen molar-refractivity contribution in [1.29, 1.82) is 0 Å². The molecule has 25 heavy (non-hydrogen) atoms. The van der Waals surface area contributed by atoms with Crippen LogP contribution in [-0.2, 0) is 6.18 Å². The number of halogens is 3. The molecule has 0 aliphatic carbocycles. The van der Waals surface area contributed by atoms with Crippen LogP contribution in [0.15, 0.2) is 60.7 Å². The Balaban J connectivity index is 2.05. The predicted molar refractivity (Wildman–Crippen MR) is 91.7 cm³/mol. The van der Waals surface area contributed by atoms with E-state index in [1.165, 1.54) is 11.9 Å². The maximum atomic E-state index is 13.4. The van der Waals surface area contributed by atoms with Gasteiger partial charge in [-0.15, -0.1) is 11.3 Å². The van der Waals surface area contributed by atoms with Gasteiger partial charge in [0.05, 0.1) is 0 Å². The van der Waals surface area contributed by atoms with Gasteiger partial charge in [0.25, 0.3) is 5.91 Å². The van der Waals surface area contributed by atoms with E-state index < -0.39 is 22.7 Å². The molecular formula is C18H13F3N2OS. The van der Waals surface area contributed by atoms with Crippen molar-refractivity contribution in [2.75, 3.05) is 11.9 Å². The molecule has 0 aliphatic rings. The summed E-state index contributed by atoms with van der Waals surface area (Å²) in [5.74, 6) is -0.738. The van der Waals surface area contributed by atoms with Gasteiger partial charge in [-0.1, -0.05) is 48.5 Å². The molecule has 0 atom stereocenters. The maximum absolute atomic E-state index is 13.4. The minimum absolute atomic E-state index is 0.165. The Labute approximate surface area is 146 Å². The quantitative estimate of drug-likeness (QED) is 0.649. The van der Waals surface area contributed by atoms with E-state index >= 15 is 0 Å². The second kappa shape index (κ2) is 6.68. The van der Waals surface area contributed by atoms with Crippen molar-refractivity contribution in [1.82, 2.24) is 4.98 Å². The zero-order valence-electron chi connectivity index (χ0n) is 13.1. The van der Waals surface area contributed by atoms with Crippen LogP contribution in [0.2, 0.25) is 0 Å². The number of carbonyl (C=O) groups is 1. The van der Waals surface area contributed by atoms with E-state index in [9.17, 15) is 18.0 Å². The minimum atomic E-state index is -4.70. The number of thiazole rings is 1. The standard InChI is InChI=1S/C18H13F3N2OS/c1-23(13-10-6-3-7-11-13)17(24)14-15(18(19,20)21)22-16(25-14)12-8-4-2-5-9-12/h2-11H,1H3. The van der Waals surface area contributed by atoms with Gasteiger partial charge in [-0.05, 0) is 12.1 Å². The lowest BCUT2D eigenvalue weighted by atomic mass is 10.2. The number of benzene rings is 2. The van der Waals surface area contributed by atoms with Crippen LogP contribution in [0, 0.1) is 0 Å². The summed E-state index contributed by atoms with van der Waals surface area (Å²) in [6, 6.07) is 17.0. The van der Waals surface area contributed by atoms with E-state index in [1.54, 1.807) is 60.7 Å². The summed E-state index contributed by atoms with van der Waals surface area (Å²) in [6.45, 7) is 0. The molecule has 0 unspecified atom stereocenters. The van der Waals surface area contributed by atoms with Crippen molar-refractivity contribution >= 4 is 22.9 Å². The molecule has 2 aromatic carbocycles. The van der Waals surface area contributed by atoms with Crippen molar-refractivity contribution in [3.05, 3.63) is 71.2 Å². The van der Waals surface area contributed by atoms with Crippen molar-refractivity contribution in [3.8, 4) is 10.6 Å². The molecule has 1 aromatic heterocycles. The fraction of sp³-hybridized carbons (Fsp3) is 0.111. The monoisotopic (exact) mass is 362 g/mol. The first-order chi connectivity index (χ1) is 11.9. The fourth-order valence-corrected chi connectivity index (χ4v) is 3.35. The van der Waals surface area contributed by atoms with Crippen LogP contribution in [0.3, 0.4) is 0 Å². The van der Waals surface area contributed by atoms with E-state index in [2.05, 4.69) is 4.98 Å². The highest BCUT2D eigenvalue weighted by atomic mass is 32.1. The second-order valence-electron chi connectivity index (χ2n) is 5.26. The number of hydrogen-bond donors (Lipinski definition) is 0. The normalized spacial score (nSPS) is 11.4. The van der Waals surface area contributed by atoms with Crippen LogP contribution in [0.25, 0.3) is 10.6 Å². The average Bonchev–Trinajstić information content (AvgIpc) is 3.08. The molecule has 1 heterocycles. The van der Waals surface area contributed by atoms with E-state index in [1.807, 2.05) is 0 Å². The van der Waals surface area contributed by atoms with Gasteiger partial charge in [-0.25, -0.2) is 4.98 Å². The number of alkyl halides is 3. The van der Waals surface area contributed by atoms with Crippen molar-refractivity contribution in [2.24, 2.45) is 0 Å². The fourth-order valence-electron chi connectivity index (χ4n) is 2.28. The van der Waals surface area contributed by atoms with Gasteiger partial charge in [0.15, 0.2) is 5.69 Å². The zero-order valence-corrected chi connectivity index (χ0v) is 13.9. The number of nitrogens with zero attached hydrogens (tertiary/aromatic N) is 2. The summed E-state index contributed by atoms with van der Waals surface area (Å²) in [7, 11) is 1.44. The molecule has 0 saturated carbocycles. The van der Waals surface area contributed by atoms with E-state index in [0.29, 0.717) is 11.3 Å². The van der Waals surface area contributed by atoms with Crippen molar-refractivity contribution in [3.63, 3.8) is 0 Å². The molecule has 0 N–H and O–H groups in total. The smallest absolute Gasteiger partial charge is 0.311 e. The van der Waals surface area contributed by atoms with Gasteiger partial charge < -0.3 is 4.90 Å². The Kier molecular flexibility index (Phi) is 4.59. The lowest BCUT2D eigenvalue weighted by Crippen LogP contribution is -2.27. The molecular weight excluding hydrogens is 349 g/mol. The van der Waals surface area contributed by atoms with E-state index in [-0.39, 0.29) is 5.01 Å². The summed E-state index contributed by atoms with van der Waals surface area (Å²) in [4.78, 5) is 17.1. The number of para-hydroxylation sites is 1. The first-order valence-electron chi connectivity index (χ1n) is 7.34. The third-order valence-electron chi connectivity index (χ3n) is 3.56. The van der Waals surface area contributed by atoms with Crippen LogP contribution in [0.1, 0.15) is 15.4 Å². The van der Waals surface area contributed by atoms with Gasteiger partial charge in [0.1, 0.15) is 9.88 Å². The first-order valence-corrected chi connectivity index (χ1v) is 8.16. The van der Waals surface area contributed by atoms with E-state index in [0.717, 1.165) is 11.3 Å². The number of carbonyl (C=O) groups excluding carboxylic acids is 1. The van der Waals surface area contributed by atoms with Gasteiger partial charge in [-0.2, -0.15) is 13.2 Å². The summed E-state index contributed by atoms with van der Waals surface area (Å²) in [5.41, 5.74) is -0.0983. The lowest BCUT2D eigenvalue weighted by Gasteiger charge is -2.17. The molecule has 0 bridgehead atoms. The molecule has 0 spiro atoms. The Morgan fingerprint density at radius 1 is 1.00 bits per heavy atom. The Hall–Kier alpha value is -2.67. The van der Waals surface area contributed by atoms with Gasteiger partial charge in [0.2, 0.25) is 0 Å². The highest BCUT2D eigenvalue weighted by molar-refractivity contribution is 7.17. The maximum Gasteiger partial charge on any atom is 0.435 e. The number of rotatable bonds is 3. The molecule has 0 saturated heterocycles. The zero-order chi connectivity index (χ0) is 18.0. The Morgan fingerprint density at radius 3 is 2.12 bits per heavy atom. The topological polar surface area (TPSA) is 33.2 Å². The van der Waals surface area contributed by atoms with Gasteiger partial charge >= 0.3 is 6.18 Å². The van der Waals surface area contributed by atoms with Crippen LogP contribution >= 0.6 is 11.3 Å². The summed E-state index contributed by atoms with van der Waals surface area (Å²) < 4.78 is 40.1.